The third-order valence-electron chi connectivity index (χ3n) is 5.82. The van der Waals surface area contributed by atoms with E-state index in [1.807, 2.05) is 17.5 Å². The number of carbonyl (C=O) groups excluding carboxylic acids is 3. The van der Waals surface area contributed by atoms with E-state index in [2.05, 4.69) is 10.3 Å². The first-order valence-corrected chi connectivity index (χ1v) is 15.1. The van der Waals surface area contributed by atoms with Crippen LogP contribution in [0.1, 0.15) is 21.7 Å². The number of alkyl halides is 3. The number of aromatic nitrogens is 2. The zero-order valence-electron chi connectivity index (χ0n) is 20.9. The van der Waals surface area contributed by atoms with Crippen molar-refractivity contribution in [3.8, 4) is 0 Å². The van der Waals surface area contributed by atoms with Crippen LogP contribution in [0.2, 0.25) is 0 Å². The van der Waals surface area contributed by atoms with Crippen molar-refractivity contribution in [3.05, 3.63) is 81.4 Å². The quantitative estimate of drug-likeness (QED) is 0.130. The number of thioether (sulfide) groups is 2. The highest BCUT2D eigenvalue weighted by Gasteiger charge is 2.33. The monoisotopic (exact) mass is 632 g/mol. The van der Waals surface area contributed by atoms with Gasteiger partial charge in [0.05, 0.1) is 27.3 Å². The van der Waals surface area contributed by atoms with Crippen molar-refractivity contribution < 1.29 is 27.6 Å². The molecule has 1 fully saturated rings. The fourth-order valence-electron chi connectivity index (χ4n) is 3.96. The van der Waals surface area contributed by atoms with E-state index in [0.717, 1.165) is 28.8 Å². The van der Waals surface area contributed by atoms with Crippen LogP contribution in [0.4, 0.5) is 18.9 Å². The van der Waals surface area contributed by atoms with Crippen molar-refractivity contribution >= 4 is 91.9 Å². The number of nitrogens with one attached hydrogen (secondary N) is 1. The summed E-state index contributed by atoms with van der Waals surface area (Å²) in [5.41, 5.74) is 0.192. The van der Waals surface area contributed by atoms with E-state index in [1.165, 1.54) is 44.7 Å². The number of hydrogen-bond donors (Lipinski definition) is 1. The van der Waals surface area contributed by atoms with Gasteiger partial charge in [0.15, 0.2) is 5.16 Å². The van der Waals surface area contributed by atoms with Crippen LogP contribution in [0.15, 0.2) is 76.1 Å². The van der Waals surface area contributed by atoms with E-state index < -0.39 is 17.6 Å². The van der Waals surface area contributed by atoms with Crippen molar-refractivity contribution in [2.24, 2.45) is 0 Å². The lowest BCUT2D eigenvalue weighted by Gasteiger charge is -2.15. The first-order chi connectivity index (χ1) is 19.6. The summed E-state index contributed by atoms with van der Waals surface area (Å²) < 4.78 is 40.8. The fourth-order valence-corrected chi connectivity index (χ4v) is 6.81. The average molecular weight is 633 g/mol. The highest BCUT2D eigenvalue weighted by atomic mass is 32.2. The van der Waals surface area contributed by atoms with Crippen LogP contribution >= 0.6 is 47.1 Å². The summed E-state index contributed by atoms with van der Waals surface area (Å²) in [4.78, 5) is 46.2. The molecule has 41 heavy (non-hydrogen) atoms. The summed E-state index contributed by atoms with van der Waals surface area (Å²) in [6.45, 7) is 0.0674. The first kappa shape index (κ1) is 29.0. The predicted octanol–water partition coefficient (Wildman–Crippen LogP) is 6.78. The second-order valence-corrected chi connectivity index (χ2v) is 12.2. The highest BCUT2D eigenvalue weighted by molar-refractivity contribution is 8.26. The number of imidazole rings is 1. The van der Waals surface area contributed by atoms with Crippen LogP contribution < -0.4 is 5.32 Å². The minimum atomic E-state index is -4.54. The number of fused-ring (bicyclic) bond motifs is 1. The van der Waals surface area contributed by atoms with Gasteiger partial charge in [0.1, 0.15) is 4.32 Å². The Labute approximate surface area is 249 Å². The number of benzene rings is 2. The van der Waals surface area contributed by atoms with Gasteiger partial charge in [0, 0.05) is 23.5 Å². The number of rotatable bonds is 8. The number of thiophene rings is 1. The lowest BCUT2D eigenvalue weighted by molar-refractivity contribution is -0.137. The molecule has 7 nitrogen and oxygen atoms in total. The van der Waals surface area contributed by atoms with Crippen LogP contribution in [-0.2, 0) is 15.8 Å². The SMILES string of the molecule is O=C(CSc1nc2ccccc2n1C(=O)CCN1C(=O)/C(=C/c2cccs2)SC1=S)Nc1cccc(C(F)(F)F)c1. The van der Waals surface area contributed by atoms with Crippen molar-refractivity contribution in [3.63, 3.8) is 0 Å². The van der Waals surface area contributed by atoms with Gasteiger partial charge in [-0.1, -0.05) is 60.0 Å². The van der Waals surface area contributed by atoms with E-state index >= 15 is 0 Å². The van der Waals surface area contributed by atoms with E-state index in [9.17, 15) is 27.6 Å². The number of carbonyl (C=O) groups is 3. The number of hydrogen-bond acceptors (Lipinski definition) is 8. The van der Waals surface area contributed by atoms with Crippen molar-refractivity contribution in [1.29, 1.82) is 0 Å². The Bertz CT molecular complexity index is 1680. The largest absolute Gasteiger partial charge is 0.416 e. The number of thiocarbonyl (C=S) groups is 1. The molecule has 2 aromatic carbocycles. The van der Waals surface area contributed by atoms with Crippen LogP contribution in [-0.4, -0.2) is 48.8 Å². The lowest BCUT2D eigenvalue weighted by atomic mass is 10.2. The molecule has 5 rings (SSSR count). The molecule has 1 aliphatic heterocycles. The zero-order valence-corrected chi connectivity index (χ0v) is 24.1. The Morgan fingerprint density at radius 1 is 1.10 bits per heavy atom. The van der Waals surface area contributed by atoms with Gasteiger partial charge in [-0.2, -0.15) is 13.2 Å². The van der Waals surface area contributed by atoms with Gasteiger partial charge in [-0.25, -0.2) is 4.98 Å². The summed E-state index contributed by atoms with van der Waals surface area (Å²) in [5, 5.41) is 4.61. The Kier molecular flexibility index (Phi) is 8.63. The Morgan fingerprint density at radius 2 is 1.90 bits per heavy atom. The van der Waals surface area contributed by atoms with Crippen LogP contribution in [0.5, 0.6) is 0 Å². The number of nitrogens with zero attached hydrogens (tertiary/aromatic N) is 3. The molecular weight excluding hydrogens is 614 g/mol. The smallest absolute Gasteiger partial charge is 0.325 e. The molecule has 0 radical (unpaired) electrons. The van der Waals surface area contributed by atoms with Gasteiger partial charge >= 0.3 is 6.18 Å². The van der Waals surface area contributed by atoms with Crippen molar-refractivity contribution in [1.82, 2.24) is 14.5 Å². The third kappa shape index (κ3) is 6.72. The standard InChI is InChI=1S/C27H19F3N4O3S4/c28-27(29,30)16-5-3-6-17(13-16)31-22(35)15-40-25-32-19-8-1-2-9-20(19)34(25)23(36)10-11-33-24(37)21(41-26(33)38)14-18-7-4-12-39-18/h1-9,12-14H,10-11,15H2,(H,31,35)/b21-14-. The van der Waals surface area contributed by atoms with E-state index in [4.69, 9.17) is 12.2 Å². The molecule has 0 spiro atoms. The molecule has 3 heterocycles. The number of halogens is 3. The summed E-state index contributed by atoms with van der Waals surface area (Å²) in [6.07, 6.45) is -2.82. The normalized spacial score (nSPS) is 14.8. The Morgan fingerprint density at radius 3 is 2.66 bits per heavy atom. The number of anilines is 1. The average Bonchev–Trinajstić information content (AvgIpc) is 3.64. The van der Waals surface area contributed by atoms with Gasteiger partial charge in [-0.15, -0.1) is 11.3 Å². The molecule has 0 bridgehead atoms. The molecule has 2 amide bonds. The van der Waals surface area contributed by atoms with E-state index in [1.54, 1.807) is 30.3 Å². The molecule has 1 saturated heterocycles. The number of para-hydroxylation sites is 2. The minimum Gasteiger partial charge on any atom is -0.325 e. The maximum absolute atomic E-state index is 13.4. The molecule has 0 atom stereocenters. The third-order valence-corrected chi connectivity index (χ3v) is 8.96. The molecule has 1 aliphatic rings. The van der Waals surface area contributed by atoms with Crippen LogP contribution in [0, 0.1) is 0 Å². The molecular formula is C27H19F3N4O3S4. The lowest BCUT2D eigenvalue weighted by Crippen LogP contribution is -2.31. The number of amides is 2. The molecule has 0 unspecified atom stereocenters. The Balaban J connectivity index is 1.27. The summed E-state index contributed by atoms with van der Waals surface area (Å²) >= 11 is 9.05. The molecule has 1 N–H and O–H groups in total. The predicted molar refractivity (Wildman–Crippen MR) is 160 cm³/mol. The first-order valence-electron chi connectivity index (χ1n) is 12.0. The zero-order chi connectivity index (χ0) is 29.1. The molecule has 0 saturated carbocycles. The van der Waals surface area contributed by atoms with E-state index in [0.29, 0.717) is 20.3 Å². The summed E-state index contributed by atoms with van der Waals surface area (Å²) in [7, 11) is 0. The highest BCUT2D eigenvalue weighted by Crippen LogP contribution is 2.34. The molecule has 2 aromatic heterocycles. The van der Waals surface area contributed by atoms with Gasteiger partial charge in [-0.3, -0.25) is 23.9 Å². The van der Waals surface area contributed by atoms with Crippen LogP contribution in [0.25, 0.3) is 17.1 Å². The van der Waals surface area contributed by atoms with Gasteiger partial charge in [-0.05, 0) is 47.9 Å². The summed E-state index contributed by atoms with van der Waals surface area (Å²) in [6, 6.07) is 15.1. The Hall–Kier alpha value is -3.46. The van der Waals surface area contributed by atoms with Crippen LogP contribution in [0.3, 0.4) is 0 Å². The minimum absolute atomic E-state index is 0.00613. The fraction of sp³-hybridized carbons (Fsp3) is 0.148. The second kappa shape index (κ2) is 12.2. The van der Waals surface area contributed by atoms with Gasteiger partial charge < -0.3 is 5.32 Å². The second-order valence-electron chi connectivity index (χ2n) is 8.63. The van der Waals surface area contributed by atoms with Gasteiger partial charge in [0.25, 0.3) is 5.91 Å². The van der Waals surface area contributed by atoms with Crippen molar-refractivity contribution in [2.75, 3.05) is 17.6 Å². The van der Waals surface area contributed by atoms with E-state index in [-0.39, 0.29) is 41.4 Å². The topological polar surface area (TPSA) is 84.3 Å². The maximum atomic E-state index is 13.4. The van der Waals surface area contributed by atoms with Gasteiger partial charge in [0.2, 0.25) is 11.8 Å². The summed E-state index contributed by atoms with van der Waals surface area (Å²) in [5.74, 6) is -1.38. The van der Waals surface area contributed by atoms with Crippen molar-refractivity contribution in [2.45, 2.75) is 17.8 Å². The maximum Gasteiger partial charge on any atom is 0.416 e. The molecule has 14 heteroatoms. The molecule has 4 aromatic rings. The molecule has 0 aliphatic carbocycles. The molecule has 210 valence electrons.